The van der Waals surface area contributed by atoms with E-state index in [4.69, 9.17) is 4.42 Å². The van der Waals surface area contributed by atoms with Crippen molar-refractivity contribution in [3.63, 3.8) is 0 Å². The first kappa shape index (κ1) is 16.0. The van der Waals surface area contributed by atoms with Crippen LogP contribution < -0.4 is 4.90 Å². The Morgan fingerprint density at radius 1 is 1.33 bits per heavy atom. The van der Waals surface area contributed by atoms with Gasteiger partial charge in [-0.25, -0.2) is 0 Å². The molecule has 0 atom stereocenters. The summed E-state index contributed by atoms with van der Waals surface area (Å²) in [7, 11) is 3.47. The van der Waals surface area contributed by atoms with E-state index < -0.39 is 4.92 Å². The second kappa shape index (κ2) is 6.35. The lowest BCUT2D eigenvalue weighted by Crippen LogP contribution is -2.32. The molecule has 0 unspecified atom stereocenters. The van der Waals surface area contributed by atoms with E-state index in [0.717, 1.165) is 12.8 Å². The van der Waals surface area contributed by atoms with Gasteiger partial charge in [0.05, 0.1) is 17.7 Å². The number of hydrogen-bond donors (Lipinski definition) is 0. The highest BCUT2D eigenvalue weighted by molar-refractivity contribution is 5.96. The number of anilines is 1. The molecule has 0 radical (unpaired) electrons. The lowest BCUT2D eigenvalue weighted by molar-refractivity contribution is -0.384. The van der Waals surface area contributed by atoms with Gasteiger partial charge in [-0.1, -0.05) is 0 Å². The molecule has 1 aliphatic rings. The molecule has 1 aromatic carbocycles. The maximum absolute atomic E-state index is 12.9. The zero-order valence-electron chi connectivity index (χ0n) is 13.6. The van der Waals surface area contributed by atoms with Crippen LogP contribution >= 0.6 is 0 Å². The van der Waals surface area contributed by atoms with E-state index in [1.807, 2.05) is 6.07 Å². The van der Waals surface area contributed by atoms with Crippen LogP contribution in [0, 0.1) is 10.1 Å². The topological polar surface area (TPSA) is 79.8 Å². The van der Waals surface area contributed by atoms with E-state index in [0.29, 0.717) is 23.6 Å². The molecule has 7 heteroatoms. The summed E-state index contributed by atoms with van der Waals surface area (Å²) in [6.07, 6.45) is 3.47. The third-order valence-corrected chi connectivity index (χ3v) is 4.06. The Bertz CT molecular complexity index is 751. The average molecular weight is 329 g/mol. The fraction of sp³-hybridized carbons (Fsp3) is 0.353. The number of carbonyl (C=O) groups is 1. The summed E-state index contributed by atoms with van der Waals surface area (Å²) in [6.45, 7) is 0.375. The van der Waals surface area contributed by atoms with Crippen molar-refractivity contribution in [3.05, 3.63) is 58.0 Å². The van der Waals surface area contributed by atoms with E-state index >= 15 is 0 Å². The Labute approximate surface area is 139 Å². The number of carbonyl (C=O) groups excluding carboxylic acids is 1. The van der Waals surface area contributed by atoms with Gasteiger partial charge < -0.3 is 14.2 Å². The van der Waals surface area contributed by atoms with Gasteiger partial charge in [0.15, 0.2) is 0 Å². The molecule has 0 aliphatic heterocycles. The molecule has 2 aromatic rings. The van der Waals surface area contributed by atoms with Gasteiger partial charge in [0.1, 0.15) is 11.4 Å². The molecule has 0 spiro atoms. The number of nitrogens with zero attached hydrogens (tertiary/aromatic N) is 3. The van der Waals surface area contributed by atoms with Crippen molar-refractivity contribution in [2.24, 2.45) is 0 Å². The van der Waals surface area contributed by atoms with Gasteiger partial charge in [0.25, 0.3) is 11.6 Å². The van der Waals surface area contributed by atoms with Gasteiger partial charge in [-0.05, 0) is 37.1 Å². The van der Waals surface area contributed by atoms with Crippen LogP contribution in [0.5, 0.6) is 0 Å². The highest BCUT2D eigenvalue weighted by Crippen LogP contribution is 2.32. The smallest absolute Gasteiger partial charge is 0.293 e. The van der Waals surface area contributed by atoms with Gasteiger partial charge in [-0.2, -0.15) is 0 Å². The van der Waals surface area contributed by atoms with Gasteiger partial charge in [-0.15, -0.1) is 0 Å². The third-order valence-electron chi connectivity index (χ3n) is 4.06. The molecule has 0 N–H and O–H groups in total. The first-order valence-electron chi connectivity index (χ1n) is 7.76. The summed E-state index contributed by atoms with van der Waals surface area (Å²) in [5.41, 5.74) is 0.728. The zero-order chi connectivity index (χ0) is 17.3. The Hall–Kier alpha value is -2.83. The number of nitro benzene ring substituents is 1. The number of hydrogen-bond acceptors (Lipinski definition) is 5. The van der Waals surface area contributed by atoms with E-state index in [2.05, 4.69) is 0 Å². The standard InChI is InChI=1S/C17H19N3O4/c1-18(2)15-8-5-12(10-16(15)20(22)23)17(21)19(13-6-7-13)11-14-4-3-9-24-14/h3-5,8-10,13H,6-7,11H2,1-2H3. The lowest BCUT2D eigenvalue weighted by atomic mass is 10.1. The number of amides is 1. The molecule has 24 heavy (non-hydrogen) atoms. The van der Waals surface area contributed by atoms with Crippen molar-refractivity contribution < 1.29 is 14.1 Å². The fourth-order valence-electron chi connectivity index (χ4n) is 2.67. The molecule has 0 bridgehead atoms. The molecule has 1 heterocycles. The largest absolute Gasteiger partial charge is 0.467 e. The highest BCUT2D eigenvalue weighted by atomic mass is 16.6. The molecule has 126 valence electrons. The number of nitro groups is 1. The van der Waals surface area contributed by atoms with Crippen molar-refractivity contribution in [2.75, 3.05) is 19.0 Å². The maximum atomic E-state index is 12.9. The molecule has 0 saturated heterocycles. The zero-order valence-corrected chi connectivity index (χ0v) is 13.6. The second-order valence-corrected chi connectivity index (χ2v) is 6.10. The Morgan fingerprint density at radius 3 is 2.62 bits per heavy atom. The van der Waals surface area contributed by atoms with Crippen molar-refractivity contribution in [1.29, 1.82) is 0 Å². The van der Waals surface area contributed by atoms with Crippen molar-refractivity contribution >= 4 is 17.3 Å². The first-order valence-corrected chi connectivity index (χ1v) is 7.76. The summed E-state index contributed by atoms with van der Waals surface area (Å²) < 4.78 is 5.33. The molecule has 1 aliphatic carbocycles. The number of rotatable bonds is 6. The fourth-order valence-corrected chi connectivity index (χ4v) is 2.67. The molecule has 7 nitrogen and oxygen atoms in total. The third kappa shape index (κ3) is 3.24. The first-order chi connectivity index (χ1) is 11.5. The van der Waals surface area contributed by atoms with Crippen LogP contribution in [0.15, 0.2) is 41.0 Å². The van der Waals surface area contributed by atoms with Gasteiger partial charge in [0.2, 0.25) is 0 Å². The molecular formula is C17H19N3O4. The Morgan fingerprint density at radius 2 is 2.08 bits per heavy atom. The second-order valence-electron chi connectivity index (χ2n) is 6.10. The van der Waals surface area contributed by atoms with Gasteiger partial charge in [-0.3, -0.25) is 14.9 Å². The van der Waals surface area contributed by atoms with Crippen LogP contribution in [0.1, 0.15) is 29.0 Å². The SMILES string of the molecule is CN(C)c1ccc(C(=O)N(Cc2ccco2)C2CC2)cc1[N+](=O)[O-]. The molecule has 1 aromatic heterocycles. The predicted molar refractivity (Wildman–Crippen MR) is 89.0 cm³/mol. The normalized spacial score (nSPS) is 13.6. The molecular weight excluding hydrogens is 310 g/mol. The van der Waals surface area contributed by atoms with Gasteiger partial charge in [0, 0.05) is 31.8 Å². The minimum atomic E-state index is -0.458. The van der Waals surface area contributed by atoms with Crippen molar-refractivity contribution in [2.45, 2.75) is 25.4 Å². The molecule has 1 fully saturated rings. The monoisotopic (exact) mass is 329 g/mol. The molecule has 3 rings (SSSR count). The van der Waals surface area contributed by atoms with Crippen LogP contribution in [0.4, 0.5) is 11.4 Å². The molecule has 1 saturated carbocycles. The predicted octanol–water partition coefficient (Wildman–Crippen LogP) is 3.06. The van der Waals surface area contributed by atoms with E-state index in [9.17, 15) is 14.9 Å². The van der Waals surface area contributed by atoms with E-state index in [1.54, 1.807) is 48.4 Å². The quantitative estimate of drug-likeness (QED) is 0.601. The van der Waals surface area contributed by atoms with Crippen LogP contribution in [0.25, 0.3) is 0 Å². The van der Waals surface area contributed by atoms with E-state index in [1.165, 1.54) is 6.07 Å². The summed E-state index contributed by atoms with van der Waals surface area (Å²) >= 11 is 0. The minimum absolute atomic E-state index is 0.0698. The Balaban J connectivity index is 1.90. The highest BCUT2D eigenvalue weighted by Gasteiger charge is 2.34. The molecule has 1 amide bonds. The van der Waals surface area contributed by atoms with Crippen molar-refractivity contribution in [3.8, 4) is 0 Å². The van der Waals surface area contributed by atoms with E-state index in [-0.39, 0.29) is 17.6 Å². The summed E-state index contributed by atoms with van der Waals surface area (Å²) in [5.74, 6) is 0.497. The number of benzene rings is 1. The van der Waals surface area contributed by atoms with Crippen molar-refractivity contribution in [1.82, 2.24) is 4.90 Å². The van der Waals surface area contributed by atoms with Crippen LogP contribution in [-0.4, -0.2) is 35.9 Å². The summed E-state index contributed by atoms with van der Waals surface area (Å²) in [6, 6.07) is 8.39. The average Bonchev–Trinajstić information content (AvgIpc) is 3.27. The van der Waals surface area contributed by atoms with Crippen LogP contribution in [0.3, 0.4) is 0 Å². The summed E-state index contributed by atoms with van der Waals surface area (Å²) in [4.78, 5) is 27.1. The summed E-state index contributed by atoms with van der Waals surface area (Å²) in [5, 5.41) is 11.3. The minimum Gasteiger partial charge on any atom is -0.467 e. The van der Waals surface area contributed by atoms with Gasteiger partial charge >= 0.3 is 0 Å². The van der Waals surface area contributed by atoms with Crippen LogP contribution in [0.2, 0.25) is 0 Å². The number of furan rings is 1. The lowest BCUT2D eigenvalue weighted by Gasteiger charge is -2.22. The van der Waals surface area contributed by atoms with Crippen LogP contribution in [-0.2, 0) is 6.54 Å². The Kier molecular flexibility index (Phi) is 4.24. The maximum Gasteiger partial charge on any atom is 0.293 e.